The molecule has 2 saturated carbocycles. The van der Waals surface area contributed by atoms with Crippen LogP contribution in [-0.4, -0.2) is 40.3 Å². The minimum atomic E-state index is -0.933. The highest BCUT2D eigenvalue weighted by Gasteiger charge is 2.54. The number of carbonyl (C=O) groups excluding carboxylic acids is 1. The third-order valence-electron chi connectivity index (χ3n) is 5.54. The SMILES string of the molecule is CC1CCC2(CC1)OC[C@@H](C(=O)O)N2C(=O)C1CCCC1. The van der Waals surface area contributed by atoms with Crippen LogP contribution in [-0.2, 0) is 14.3 Å². The third-order valence-corrected chi connectivity index (χ3v) is 5.54. The van der Waals surface area contributed by atoms with Crippen LogP contribution in [0.2, 0.25) is 0 Å². The zero-order chi connectivity index (χ0) is 15.0. The summed E-state index contributed by atoms with van der Waals surface area (Å²) < 4.78 is 5.92. The number of carboxylic acids is 1. The van der Waals surface area contributed by atoms with E-state index in [-0.39, 0.29) is 18.4 Å². The highest BCUT2D eigenvalue weighted by molar-refractivity contribution is 5.86. The summed E-state index contributed by atoms with van der Waals surface area (Å²) >= 11 is 0. The van der Waals surface area contributed by atoms with Gasteiger partial charge in [-0.3, -0.25) is 9.69 Å². The van der Waals surface area contributed by atoms with Gasteiger partial charge in [-0.25, -0.2) is 4.79 Å². The van der Waals surface area contributed by atoms with E-state index in [1.807, 2.05) is 0 Å². The highest BCUT2D eigenvalue weighted by atomic mass is 16.5. The molecule has 1 amide bonds. The fraction of sp³-hybridized carbons (Fsp3) is 0.875. The van der Waals surface area contributed by atoms with Gasteiger partial charge in [-0.1, -0.05) is 19.8 Å². The van der Waals surface area contributed by atoms with Crippen LogP contribution in [0.4, 0.5) is 0 Å². The van der Waals surface area contributed by atoms with E-state index in [0.717, 1.165) is 51.4 Å². The summed E-state index contributed by atoms with van der Waals surface area (Å²) in [6.45, 7) is 2.35. The molecule has 0 aromatic carbocycles. The minimum absolute atomic E-state index is 0.00442. The summed E-state index contributed by atoms with van der Waals surface area (Å²) in [5, 5.41) is 9.47. The number of ether oxygens (including phenoxy) is 1. The zero-order valence-corrected chi connectivity index (χ0v) is 12.7. The van der Waals surface area contributed by atoms with E-state index in [2.05, 4.69) is 6.92 Å². The van der Waals surface area contributed by atoms with Crippen molar-refractivity contribution in [3.05, 3.63) is 0 Å². The first-order valence-corrected chi connectivity index (χ1v) is 8.23. The molecule has 0 unspecified atom stereocenters. The Labute approximate surface area is 125 Å². The molecule has 1 atom stereocenters. The molecule has 2 aliphatic carbocycles. The molecule has 3 rings (SSSR count). The Hall–Kier alpha value is -1.10. The number of amides is 1. The normalized spacial score (nSPS) is 37.3. The Morgan fingerprint density at radius 1 is 1.14 bits per heavy atom. The van der Waals surface area contributed by atoms with Gasteiger partial charge >= 0.3 is 5.97 Å². The molecule has 1 aliphatic heterocycles. The maximum Gasteiger partial charge on any atom is 0.328 e. The molecular formula is C16H25NO4. The molecule has 3 aliphatic rings. The molecule has 1 N–H and O–H groups in total. The van der Waals surface area contributed by atoms with Crippen LogP contribution < -0.4 is 0 Å². The summed E-state index contributed by atoms with van der Waals surface area (Å²) in [6.07, 6.45) is 7.50. The summed E-state index contributed by atoms with van der Waals surface area (Å²) in [5.41, 5.74) is -0.644. The van der Waals surface area contributed by atoms with E-state index in [1.54, 1.807) is 4.90 Å². The lowest BCUT2D eigenvalue weighted by atomic mass is 9.83. The molecule has 1 saturated heterocycles. The number of carbonyl (C=O) groups is 2. The van der Waals surface area contributed by atoms with Gasteiger partial charge in [0.25, 0.3) is 0 Å². The Balaban J connectivity index is 1.85. The molecule has 0 bridgehead atoms. The summed E-state index contributed by atoms with van der Waals surface area (Å²) in [4.78, 5) is 26.1. The lowest BCUT2D eigenvalue weighted by Crippen LogP contribution is -2.56. The van der Waals surface area contributed by atoms with Crippen LogP contribution in [0, 0.1) is 11.8 Å². The van der Waals surface area contributed by atoms with Gasteiger partial charge in [-0.2, -0.15) is 0 Å². The average Bonchev–Trinajstić information content (AvgIpc) is 3.10. The second kappa shape index (κ2) is 5.59. The molecule has 3 fully saturated rings. The van der Waals surface area contributed by atoms with Crippen molar-refractivity contribution in [3.63, 3.8) is 0 Å². The molecule has 0 aromatic rings. The molecule has 0 radical (unpaired) electrons. The number of hydrogen-bond donors (Lipinski definition) is 1. The average molecular weight is 295 g/mol. The van der Waals surface area contributed by atoms with Crippen LogP contribution in [0.1, 0.15) is 58.3 Å². The number of rotatable bonds is 2. The van der Waals surface area contributed by atoms with Gasteiger partial charge in [-0.15, -0.1) is 0 Å². The van der Waals surface area contributed by atoms with Gasteiger partial charge in [0.2, 0.25) is 5.91 Å². The van der Waals surface area contributed by atoms with Gasteiger partial charge in [0.05, 0.1) is 6.61 Å². The molecule has 5 heteroatoms. The molecule has 1 spiro atoms. The van der Waals surface area contributed by atoms with Crippen LogP contribution >= 0.6 is 0 Å². The number of aliphatic carboxylic acids is 1. The minimum Gasteiger partial charge on any atom is -0.480 e. The first kappa shape index (κ1) is 14.8. The van der Waals surface area contributed by atoms with Crippen LogP contribution in [0.5, 0.6) is 0 Å². The van der Waals surface area contributed by atoms with Crippen molar-refractivity contribution < 1.29 is 19.4 Å². The maximum atomic E-state index is 12.9. The molecular weight excluding hydrogens is 270 g/mol. The monoisotopic (exact) mass is 295 g/mol. The lowest BCUT2D eigenvalue weighted by Gasteiger charge is -2.43. The van der Waals surface area contributed by atoms with Crippen molar-refractivity contribution >= 4 is 11.9 Å². The first-order valence-electron chi connectivity index (χ1n) is 8.23. The third kappa shape index (κ3) is 2.56. The van der Waals surface area contributed by atoms with E-state index in [1.165, 1.54) is 0 Å². The Morgan fingerprint density at radius 2 is 1.76 bits per heavy atom. The second-order valence-electron chi connectivity index (χ2n) is 6.98. The standard InChI is InChI=1S/C16H25NO4/c1-11-6-8-16(9-7-11)17(13(10-21-16)15(19)20)14(18)12-4-2-3-5-12/h11-13H,2-10H2,1H3,(H,19,20)/t11?,13-,16?/m0/s1. The quantitative estimate of drug-likeness (QED) is 0.849. The zero-order valence-electron chi connectivity index (χ0n) is 12.7. The topological polar surface area (TPSA) is 66.8 Å². The fourth-order valence-corrected chi connectivity index (χ4v) is 4.17. The molecule has 118 valence electrons. The summed E-state index contributed by atoms with van der Waals surface area (Å²) in [7, 11) is 0. The lowest BCUT2D eigenvalue weighted by molar-refractivity contribution is -0.168. The second-order valence-corrected chi connectivity index (χ2v) is 6.98. The van der Waals surface area contributed by atoms with Crippen molar-refractivity contribution in [2.45, 2.75) is 70.1 Å². The van der Waals surface area contributed by atoms with E-state index in [4.69, 9.17) is 4.74 Å². The Kier molecular flexibility index (Phi) is 3.95. The van der Waals surface area contributed by atoms with Crippen LogP contribution in [0.25, 0.3) is 0 Å². The van der Waals surface area contributed by atoms with Gasteiger partial charge in [0.1, 0.15) is 5.72 Å². The van der Waals surface area contributed by atoms with Crippen LogP contribution in [0.15, 0.2) is 0 Å². The molecule has 21 heavy (non-hydrogen) atoms. The molecule has 1 heterocycles. The summed E-state index contributed by atoms with van der Waals surface area (Å²) in [6, 6.07) is -0.800. The number of carboxylic acid groups (broad SMARTS) is 1. The summed E-state index contributed by atoms with van der Waals surface area (Å²) in [5.74, 6) is -0.278. The van der Waals surface area contributed by atoms with E-state index in [0.29, 0.717) is 5.92 Å². The maximum absolute atomic E-state index is 12.9. The highest BCUT2D eigenvalue weighted by Crippen LogP contribution is 2.44. The Bertz CT molecular complexity index is 422. The van der Waals surface area contributed by atoms with E-state index >= 15 is 0 Å². The Morgan fingerprint density at radius 3 is 2.33 bits per heavy atom. The molecule has 5 nitrogen and oxygen atoms in total. The van der Waals surface area contributed by atoms with Crippen LogP contribution in [0.3, 0.4) is 0 Å². The van der Waals surface area contributed by atoms with Gasteiger partial charge in [0, 0.05) is 5.92 Å². The largest absolute Gasteiger partial charge is 0.480 e. The van der Waals surface area contributed by atoms with Crippen molar-refractivity contribution in [1.82, 2.24) is 4.90 Å². The van der Waals surface area contributed by atoms with Crippen molar-refractivity contribution in [3.8, 4) is 0 Å². The fourth-order valence-electron chi connectivity index (χ4n) is 4.17. The van der Waals surface area contributed by atoms with Gasteiger partial charge < -0.3 is 9.84 Å². The smallest absolute Gasteiger partial charge is 0.328 e. The number of hydrogen-bond acceptors (Lipinski definition) is 3. The van der Waals surface area contributed by atoms with Crippen molar-refractivity contribution in [1.29, 1.82) is 0 Å². The predicted octanol–water partition coefficient (Wildman–Crippen LogP) is 2.40. The predicted molar refractivity (Wildman–Crippen MR) is 76.5 cm³/mol. The van der Waals surface area contributed by atoms with E-state index in [9.17, 15) is 14.7 Å². The van der Waals surface area contributed by atoms with E-state index < -0.39 is 17.7 Å². The molecule has 0 aromatic heterocycles. The van der Waals surface area contributed by atoms with Gasteiger partial charge in [0.15, 0.2) is 6.04 Å². The first-order chi connectivity index (χ1) is 10.0. The van der Waals surface area contributed by atoms with Crippen molar-refractivity contribution in [2.75, 3.05) is 6.61 Å². The van der Waals surface area contributed by atoms with Gasteiger partial charge in [-0.05, 0) is 44.4 Å². The van der Waals surface area contributed by atoms with Crippen molar-refractivity contribution in [2.24, 2.45) is 11.8 Å². The number of nitrogens with zero attached hydrogens (tertiary/aromatic N) is 1.